The monoisotopic (exact) mass is 316 g/mol. The summed E-state index contributed by atoms with van der Waals surface area (Å²) in [5.74, 6) is 0. The molecule has 2 amide bonds. The van der Waals surface area contributed by atoms with Crippen LogP contribution in [0.5, 0.6) is 0 Å². The first-order chi connectivity index (χ1) is 6.07. The minimum absolute atomic E-state index is 0.0865. The van der Waals surface area contributed by atoms with E-state index in [4.69, 9.17) is 0 Å². The van der Waals surface area contributed by atoms with Crippen LogP contribution in [0.3, 0.4) is 0 Å². The van der Waals surface area contributed by atoms with Crippen molar-refractivity contribution in [2.24, 2.45) is 0 Å². The predicted octanol–water partition coefficient (Wildman–Crippen LogP) is 1.74. The van der Waals surface area contributed by atoms with E-state index in [9.17, 15) is 7.90 Å². The second-order valence-corrected chi connectivity index (χ2v) is 8.85. The third kappa shape index (κ3) is 1.80. The van der Waals surface area contributed by atoms with Crippen molar-refractivity contribution in [2.75, 3.05) is 0 Å². The van der Waals surface area contributed by atoms with E-state index in [0.717, 1.165) is 0 Å². The fourth-order valence-corrected chi connectivity index (χ4v) is 5.35. The van der Waals surface area contributed by atoms with Gasteiger partial charge in [-0.3, -0.25) is 0 Å². The van der Waals surface area contributed by atoms with Gasteiger partial charge in [-0.15, -0.1) is 0 Å². The van der Waals surface area contributed by atoms with Crippen LogP contribution >= 0.6 is 0 Å². The third-order valence-corrected chi connectivity index (χ3v) is 7.68. The molecule has 1 rings (SSSR count). The Balaban J connectivity index is 2.88. The van der Waals surface area contributed by atoms with Crippen LogP contribution in [0.1, 0.15) is 41.5 Å². The van der Waals surface area contributed by atoms with Crippen molar-refractivity contribution in [3.8, 4) is 0 Å². The van der Waals surface area contributed by atoms with E-state index in [1.54, 1.807) is 6.30 Å². The van der Waals surface area contributed by atoms with Crippen LogP contribution in [0.25, 0.3) is 0 Å². The molecule has 0 atom stereocenters. The average molecular weight is 314 g/mol. The van der Waals surface area contributed by atoms with Crippen LogP contribution in [0.4, 0.5) is 4.79 Å². The van der Waals surface area contributed by atoms with Gasteiger partial charge in [-0.05, 0) is 0 Å². The molecule has 0 spiro atoms. The summed E-state index contributed by atoms with van der Waals surface area (Å²) >= 11 is -2.75. The Labute approximate surface area is 93.0 Å². The summed E-state index contributed by atoms with van der Waals surface area (Å²) < 4.78 is 15.0. The van der Waals surface area contributed by atoms with Crippen LogP contribution in [0, 0.1) is 0 Å². The molecule has 0 bridgehead atoms. The van der Waals surface area contributed by atoms with Gasteiger partial charge >= 0.3 is 92.9 Å². The summed E-state index contributed by atoms with van der Waals surface area (Å²) in [5.41, 5.74) is -0.616. The van der Waals surface area contributed by atoms with Crippen molar-refractivity contribution in [1.29, 1.82) is 0 Å². The molecule has 0 radical (unpaired) electrons. The average Bonchev–Trinajstić information content (AvgIpc) is 1.78. The molecule has 0 saturated carbocycles. The van der Waals surface area contributed by atoms with Gasteiger partial charge in [-0.25, -0.2) is 0 Å². The maximum atomic E-state index is 11.9. The number of hydrogen-bond donors (Lipinski definition) is 0. The van der Waals surface area contributed by atoms with Crippen LogP contribution in [0.15, 0.2) is 0 Å². The predicted molar refractivity (Wildman–Crippen MR) is 55.0 cm³/mol. The van der Waals surface area contributed by atoms with E-state index in [1.165, 1.54) is 0 Å². The van der Waals surface area contributed by atoms with E-state index < -0.39 is 20.1 Å². The molecule has 5 heteroatoms. The van der Waals surface area contributed by atoms with Crippen LogP contribution < -0.4 is 0 Å². The fraction of sp³-hybridized carbons (Fsp3) is 0.889. The summed E-state index contributed by atoms with van der Waals surface area (Å²) in [6.45, 7) is 11.5. The minimum atomic E-state index is -2.75. The van der Waals surface area contributed by atoms with Crippen molar-refractivity contribution < 1.29 is 7.90 Å². The van der Waals surface area contributed by atoms with Crippen LogP contribution in [-0.4, -0.2) is 43.5 Å². The molecule has 0 aromatic heterocycles. The quantitative estimate of drug-likeness (QED) is 0.639. The van der Waals surface area contributed by atoms with E-state index in [1.807, 2.05) is 41.5 Å². The molecule has 82 valence electrons. The van der Waals surface area contributed by atoms with Gasteiger partial charge in [-0.1, -0.05) is 0 Å². The maximum absolute atomic E-state index is 11.9. The van der Waals surface area contributed by atoms with Crippen molar-refractivity contribution in [2.45, 2.75) is 52.6 Å². The Bertz CT molecular complexity index is 246. The molecule has 1 saturated heterocycles. The zero-order valence-electron chi connectivity index (χ0n) is 9.62. The van der Waals surface area contributed by atoms with Gasteiger partial charge in [0.1, 0.15) is 0 Å². The van der Waals surface area contributed by atoms with E-state index in [-0.39, 0.29) is 17.1 Å². The number of nitrogens with zero attached hydrogens (tertiary/aromatic N) is 2. The number of urea groups is 1. The summed E-state index contributed by atoms with van der Waals surface area (Å²) in [4.78, 5) is 11.8. The first-order valence-electron chi connectivity index (χ1n) is 4.63. The number of rotatable bonds is 0. The van der Waals surface area contributed by atoms with Crippen molar-refractivity contribution >= 4 is 26.1 Å². The zero-order chi connectivity index (χ0) is 11.3. The molecular weight excluding hydrogens is 296 g/mol. The Hall–Kier alpha value is -0.140. The number of amides is 2. The van der Waals surface area contributed by atoms with Crippen molar-refractivity contribution in [3.05, 3.63) is 0 Å². The molecule has 4 nitrogen and oxygen atoms in total. The van der Waals surface area contributed by atoms with Crippen LogP contribution in [0.2, 0.25) is 0 Å². The van der Waals surface area contributed by atoms with Gasteiger partial charge in [0.05, 0.1) is 0 Å². The molecule has 0 unspecified atom stereocenters. The molecule has 1 heterocycles. The van der Waals surface area contributed by atoms with Gasteiger partial charge < -0.3 is 0 Å². The molecule has 1 fully saturated rings. The van der Waals surface area contributed by atoms with Gasteiger partial charge in [-0.2, -0.15) is 0 Å². The summed E-state index contributed by atoms with van der Waals surface area (Å²) in [5, 5.41) is 0. The Morgan fingerprint density at radius 2 is 1.21 bits per heavy atom. The Morgan fingerprint density at radius 3 is 1.36 bits per heavy atom. The molecule has 0 aliphatic carbocycles. The standard InChI is InChI=1S/C9H18N2O2Te/c1-8(2,3)10-7(12)11(14(10)13)9(4,5)6/h1-6H3. The molecule has 0 aromatic rings. The molecule has 0 aromatic carbocycles. The second-order valence-electron chi connectivity index (χ2n) is 5.44. The first-order valence-corrected chi connectivity index (χ1v) is 7.67. The van der Waals surface area contributed by atoms with E-state index >= 15 is 0 Å². The number of hydrogen-bond acceptors (Lipinski definition) is 2. The molecule has 1 aliphatic heterocycles. The van der Waals surface area contributed by atoms with E-state index in [2.05, 4.69) is 0 Å². The molecule has 14 heavy (non-hydrogen) atoms. The first kappa shape index (κ1) is 11.9. The SMILES string of the molecule is CC(C)(C)N1C(=O)N(C(C)(C)C)[Te]1=O. The van der Waals surface area contributed by atoms with Gasteiger partial charge in [0.2, 0.25) is 0 Å². The normalized spacial score (nSPS) is 20.0. The van der Waals surface area contributed by atoms with Gasteiger partial charge in [0.15, 0.2) is 0 Å². The fourth-order valence-electron chi connectivity index (χ4n) is 1.31. The van der Waals surface area contributed by atoms with Crippen LogP contribution in [-0.2, 0) is 3.10 Å². The zero-order valence-corrected chi connectivity index (χ0v) is 11.9. The Kier molecular flexibility index (Phi) is 2.71. The summed E-state index contributed by atoms with van der Waals surface area (Å²) in [6.07, 6.45) is 0. The van der Waals surface area contributed by atoms with E-state index in [0.29, 0.717) is 0 Å². The van der Waals surface area contributed by atoms with Gasteiger partial charge in [0.25, 0.3) is 0 Å². The van der Waals surface area contributed by atoms with Gasteiger partial charge in [0, 0.05) is 0 Å². The van der Waals surface area contributed by atoms with Crippen molar-refractivity contribution in [1.82, 2.24) is 6.30 Å². The number of carbonyl (C=O) groups is 1. The summed E-state index contributed by atoms with van der Waals surface area (Å²) in [7, 11) is 0. The molecule has 0 N–H and O–H groups in total. The second kappa shape index (κ2) is 3.18. The number of carbonyl (C=O) groups excluding carboxylic acids is 1. The van der Waals surface area contributed by atoms with Crippen molar-refractivity contribution in [3.63, 3.8) is 0 Å². The topological polar surface area (TPSA) is 40.6 Å². The summed E-state index contributed by atoms with van der Waals surface area (Å²) in [6, 6.07) is -0.0865. The third-order valence-electron chi connectivity index (χ3n) is 1.88. The molecular formula is C9H18N2O2Te. The Morgan fingerprint density at radius 1 is 0.929 bits per heavy atom. The molecule has 1 aliphatic rings.